The van der Waals surface area contributed by atoms with Gasteiger partial charge in [-0.1, -0.05) is 19.1 Å². The molecule has 4 aromatic rings. The second-order valence-corrected chi connectivity index (χ2v) is 9.68. The number of nitriles is 1. The maximum absolute atomic E-state index is 9.12. The number of hydrogen-bond acceptors (Lipinski definition) is 5. The summed E-state index contributed by atoms with van der Waals surface area (Å²) in [6.45, 7) is 5.21. The highest BCUT2D eigenvalue weighted by Gasteiger charge is 2.31. The molecule has 2 aliphatic heterocycles. The monoisotopic (exact) mass is 449 g/mol. The molecule has 6 rings (SSSR count). The van der Waals surface area contributed by atoms with E-state index in [2.05, 4.69) is 86.7 Å². The first kappa shape index (κ1) is 20.7. The van der Waals surface area contributed by atoms with E-state index in [1.807, 2.05) is 24.3 Å². The van der Waals surface area contributed by atoms with Gasteiger partial charge in [0.25, 0.3) is 0 Å². The van der Waals surface area contributed by atoms with Crippen molar-refractivity contribution >= 4 is 5.69 Å². The van der Waals surface area contributed by atoms with Gasteiger partial charge < -0.3 is 14.4 Å². The Bertz CT molecular complexity index is 1400. The molecule has 0 bridgehead atoms. The average Bonchev–Trinajstić information content (AvgIpc) is 3.56. The molecule has 0 N–H and O–H groups in total. The van der Waals surface area contributed by atoms with Crippen molar-refractivity contribution in [1.29, 1.82) is 5.26 Å². The van der Waals surface area contributed by atoms with Gasteiger partial charge in [-0.2, -0.15) is 5.26 Å². The number of rotatable bonds is 3. The van der Waals surface area contributed by atoms with Crippen molar-refractivity contribution in [3.05, 3.63) is 72.2 Å². The summed E-state index contributed by atoms with van der Waals surface area (Å²) in [5.74, 6) is 1.47. The number of hydrogen-bond donors (Lipinski definition) is 0. The highest BCUT2D eigenvalue weighted by Crippen LogP contribution is 2.36. The summed E-state index contributed by atoms with van der Waals surface area (Å²) in [7, 11) is 4.35. The second-order valence-electron chi connectivity index (χ2n) is 9.68. The molecule has 2 aliphatic rings. The highest BCUT2D eigenvalue weighted by molar-refractivity contribution is 5.72. The highest BCUT2D eigenvalue weighted by atomic mass is 15.3. The third-order valence-corrected chi connectivity index (χ3v) is 7.29. The van der Waals surface area contributed by atoms with E-state index in [4.69, 9.17) is 5.26 Å². The number of benzene rings is 2. The molecule has 2 atom stereocenters. The zero-order chi connectivity index (χ0) is 23.4. The van der Waals surface area contributed by atoms with Crippen LogP contribution in [0.4, 0.5) is 5.69 Å². The SMILES string of the molecule is C[C@@H]1CN(c2ccc3c(c2)Cn2cc(-c4ccc(C#N)cc4)cc2-c2nncn2-3)C[C@H]1N(C)C. The van der Waals surface area contributed by atoms with E-state index in [0.29, 0.717) is 17.5 Å². The van der Waals surface area contributed by atoms with Crippen LogP contribution in [0.25, 0.3) is 28.3 Å². The van der Waals surface area contributed by atoms with Crippen LogP contribution in [-0.4, -0.2) is 57.5 Å². The lowest BCUT2D eigenvalue weighted by Crippen LogP contribution is -2.34. The fourth-order valence-corrected chi connectivity index (χ4v) is 5.46. The Morgan fingerprint density at radius 3 is 2.59 bits per heavy atom. The van der Waals surface area contributed by atoms with Crippen LogP contribution in [0.5, 0.6) is 0 Å². The van der Waals surface area contributed by atoms with Gasteiger partial charge in [-0.25, -0.2) is 0 Å². The van der Waals surface area contributed by atoms with Crippen molar-refractivity contribution in [2.24, 2.45) is 5.92 Å². The molecule has 34 heavy (non-hydrogen) atoms. The molecule has 0 spiro atoms. The maximum atomic E-state index is 9.12. The topological polar surface area (TPSA) is 65.9 Å². The summed E-state index contributed by atoms with van der Waals surface area (Å²) < 4.78 is 4.36. The van der Waals surface area contributed by atoms with Crippen molar-refractivity contribution in [3.8, 4) is 34.4 Å². The van der Waals surface area contributed by atoms with Crippen molar-refractivity contribution in [2.45, 2.75) is 19.5 Å². The molecule has 0 amide bonds. The minimum absolute atomic E-state index is 0.564. The van der Waals surface area contributed by atoms with Crippen molar-refractivity contribution in [3.63, 3.8) is 0 Å². The van der Waals surface area contributed by atoms with E-state index in [1.165, 1.54) is 11.3 Å². The van der Waals surface area contributed by atoms with Gasteiger partial charge >= 0.3 is 0 Å². The molecule has 2 aromatic heterocycles. The van der Waals surface area contributed by atoms with Crippen LogP contribution in [0, 0.1) is 17.2 Å². The third-order valence-electron chi connectivity index (χ3n) is 7.29. The van der Waals surface area contributed by atoms with Gasteiger partial charge in [0.15, 0.2) is 5.82 Å². The van der Waals surface area contributed by atoms with Crippen LogP contribution in [0.3, 0.4) is 0 Å². The number of aromatic nitrogens is 4. The predicted octanol–water partition coefficient (Wildman–Crippen LogP) is 4.02. The minimum Gasteiger partial charge on any atom is -0.370 e. The molecule has 0 aliphatic carbocycles. The van der Waals surface area contributed by atoms with Gasteiger partial charge in [0.1, 0.15) is 6.33 Å². The zero-order valence-corrected chi connectivity index (χ0v) is 19.7. The summed E-state index contributed by atoms with van der Waals surface area (Å²) >= 11 is 0. The molecule has 7 heteroatoms. The lowest BCUT2D eigenvalue weighted by atomic mass is 10.1. The third kappa shape index (κ3) is 3.30. The molecule has 0 saturated carbocycles. The molecule has 1 saturated heterocycles. The van der Waals surface area contributed by atoms with E-state index in [9.17, 15) is 0 Å². The van der Waals surface area contributed by atoms with Gasteiger partial charge in [-0.3, -0.25) is 4.57 Å². The summed E-state index contributed by atoms with van der Waals surface area (Å²) in [5, 5.41) is 17.8. The first-order chi connectivity index (χ1) is 16.5. The van der Waals surface area contributed by atoms with Crippen LogP contribution >= 0.6 is 0 Å². The molecule has 0 unspecified atom stereocenters. The fraction of sp³-hybridized carbons (Fsp3) is 0.296. The van der Waals surface area contributed by atoms with Crippen molar-refractivity contribution in [1.82, 2.24) is 24.2 Å². The molecule has 1 fully saturated rings. The summed E-state index contributed by atoms with van der Waals surface area (Å²) in [5.41, 5.74) is 7.54. The number of nitrogens with zero attached hydrogens (tertiary/aromatic N) is 7. The van der Waals surface area contributed by atoms with Crippen LogP contribution in [-0.2, 0) is 6.54 Å². The van der Waals surface area contributed by atoms with Gasteiger partial charge in [0.05, 0.1) is 23.0 Å². The number of fused-ring (bicyclic) bond motifs is 5. The molecular formula is C27H27N7. The molecule has 170 valence electrons. The summed E-state index contributed by atoms with van der Waals surface area (Å²) in [4.78, 5) is 4.85. The second kappa shape index (κ2) is 7.86. The van der Waals surface area contributed by atoms with Crippen LogP contribution in [0.15, 0.2) is 61.1 Å². The Hall–Kier alpha value is -3.89. The minimum atomic E-state index is 0.564. The average molecular weight is 450 g/mol. The molecule has 4 heterocycles. The number of likely N-dealkylation sites (N-methyl/N-ethyl adjacent to an activating group) is 1. The first-order valence-electron chi connectivity index (χ1n) is 11.7. The van der Waals surface area contributed by atoms with E-state index >= 15 is 0 Å². The molecule has 2 aromatic carbocycles. The van der Waals surface area contributed by atoms with Crippen LogP contribution in [0.1, 0.15) is 18.1 Å². The molecular weight excluding hydrogens is 422 g/mol. The lowest BCUT2D eigenvalue weighted by molar-refractivity contribution is 0.266. The fourth-order valence-electron chi connectivity index (χ4n) is 5.46. The predicted molar refractivity (Wildman–Crippen MR) is 133 cm³/mol. The summed E-state index contributed by atoms with van der Waals surface area (Å²) in [6.07, 6.45) is 3.98. The standard InChI is InChI=1S/C27H27N7/c1-18-13-32(16-26(18)31(2)3)23-8-9-24-22(10-23)15-33-14-21(20-6-4-19(12-28)5-7-20)11-25(33)27-30-29-17-34(24)27/h4-11,14,17-18,26H,13,15-16H2,1-3H3/t18-,26-/m1/s1. The summed E-state index contributed by atoms with van der Waals surface area (Å²) in [6, 6.07) is 19.4. The lowest BCUT2D eigenvalue weighted by Gasteiger charge is -2.23. The van der Waals surface area contributed by atoms with E-state index in [-0.39, 0.29) is 0 Å². The zero-order valence-electron chi connectivity index (χ0n) is 19.7. The van der Waals surface area contributed by atoms with Crippen molar-refractivity contribution < 1.29 is 0 Å². The van der Waals surface area contributed by atoms with E-state index < -0.39 is 0 Å². The normalized spacial score (nSPS) is 18.9. The van der Waals surface area contributed by atoms with Crippen molar-refractivity contribution in [2.75, 3.05) is 32.1 Å². The largest absolute Gasteiger partial charge is 0.370 e. The Labute approximate surface area is 199 Å². The van der Waals surface area contributed by atoms with E-state index in [1.54, 1.807) is 6.33 Å². The smallest absolute Gasteiger partial charge is 0.185 e. The number of anilines is 1. The Kier molecular flexibility index (Phi) is 4.78. The first-order valence-corrected chi connectivity index (χ1v) is 11.7. The van der Waals surface area contributed by atoms with Crippen LogP contribution in [0.2, 0.25) is 0 Å². The van der Waals surface area contributed by atoms with E-state index in [0.717, 1.165) is 48.0 Å². The van der Waals surface area contributed by atoms with Gasteiger partial charge in [-0.15, -0.1) is 10.2 Å². The quantitative estimate of drug-likeness (QED) is 0.416. The van der Waals surface area contributed by atoms with Crippen LogP contribution < -0.4 is 4.90 Å². The Balaban J connectivity index is 1.40. The molecule has 7 nitrogen and oxygen atoms in total. The van der Waals surface area contributed by atoms with Gasteiger partial charge in [0.2, 0.25) is 0 Å². The molecule has 0 radical (unpaired) electrons. The van der Waals surface area contributed by atoms with Gasteiger partial charge in [0, 0.05) is 43.1 Å². The Morgan fingerprint density at radius 2 is 1.85 bits per heavy atom. The Morgan fingerprint density at radius 1 is 1.03 bits per heavy atom. The maximum Gasteiger partial charge on any atom is 0.185 e. The van der Waals surface area contributed by atoms with Gasteiger partial charge in [-0.05, 0) is 67.5 Å².